The van der Waals surface area contributed by atoms with Crippen LogP contribution in [0.5, 0.6) is 11.5 Å². The van der Waals surface area contributed by atoms with Crippen molar-refractivity contribution in [2.24, 2.45) is 0 Å². The Morgan fingerprint density at radius 2 is 1.83 bits per heavy atom. The second-order valence-corrected chi connectivity index (χ2v) is 6.67. The molecule has 4 nitrogen and oxygen atoms in total. The minimum Gasteiger partial charge on any atom is -0.434 e. The van der Waals surface area contributed by atoms with Gasteiger partial charge in [0.15, 0.2) is 0 Å². The molecule has 0 spiro atoms. The summed E-state index contributed by atoms with van der Waals surface area (Å²) < 4.78 is 71.2. The van der Waals surface area contributed by atoms with Gasteiger partial charge in [-0.15, -0.1) is 25.6 Å². The van der Waals surface area contributed by atoms with Crippen molar-refractivity contribution < 1.29 is 31.4 Å². The van der Waals surface area contributed by atoms with Gasteiger partial charge in [-0.25, -0.2) is 0 Å². The van der Waals surface area contributed by atoms with Crippen molar-refractivity contribution in [3.63, 3.8) is 0 Å². The predicted molar refractivity (Wildman–Crippen MR) is 104 cm³/mol. The number of halogens is 6. The van der Waals surface area contributed by atoms with E-state index in [0.717, 1.165) is 43.1 Å². The van der Waals surface area contributed by atoms with Crippen LogP contribution in [0.2, 0.25) is 0 Å². The standard InChI is InChI=1S/C20H21F5N2O2.ClH/c21-19(22)28-17-9-8-15(29-20(23,24)25)11-14(17)12-27-16-7-4-10-26-18(16)13-5-2-1-3-6-13;/h1-3,5-6,8-9,11,16,18-19,26-27H,4,7,10,12H2;1H/t16-,18-;/m0./s1. The molecule has 0 amide bonds. The maximum Gasteiger partial charge on any atom is 0.573 e. The van der Waals surface area contributed by atoms with Crippen LogP contribution in [0.25, 0.3) is 0 Å². The van der Waals surface area contributed by atoms with Crippen LogP contribution in [0.4, 0.5) is 22.0 Å². The molecule has 0 saturated carbocycles. The van der Waals surface area contributed by atoms with E-state index in [-0.39, 0.29) is 42.3 Å². The Hall–Kier alpha value is -2.10. The van der Waals surface area contributed by atoms with Crippen LogP contribution in [0, 0.1) is 0 Å². The molecule has 1 aliphatic rings. The first-order valence-corrected chi connectivity index (χ1v) is 9.17. The van der Waals surface area contributed by atoms with Gasteiger partial charge in [-0.2, -0.15) is 8.78 Å². The summed E-state index contributed by atoms with van der Waals surface area (Å²) in [5.41, 5.74) is 1.23. The lowest BCUT2D eigenvalue weighted by atomic mass is 9.92. The Balaban J connectivity index is 0.00000320. The van der Waals surface area contributed by atoms with Gasteiger partial charge in [0.2, 0.25) is 0 Å². The second kappa shape index (κ2) is 10.8. The van der Waals surface area contributed by atoms with Crippen LogP contribution in [-0.4, -0.2) is 25.6 Å². The zero-order valence-corrected chi connectivity index (χ0v) is 16.6. The minimum atomic E-state index is -4.87. The molecule has 2 atom stereocenters. The molecule has 0 bridgehead atoms. The number of benzene rings is 2. The van der Waals surface area contributed by atoms with E-state index in [4.69, 9.17) is 0 Å². The van der Waals surface area contributed by atoms with Crippen LogP contribution in [0.3, 0.4) is 0 Å². The van der Waals surface area contributed by atoms with E-state index in [9.17, 15) is 22.0 Å². The molecular weight excluding hydrogens is 431 g/mol. The molecule has 1 saturated heterocycles. The summed E-state index contributed by atoms with van der Waals surface area (Å²) in [4.78, 5) is 0. The first-order chi connectivity index (χ1) is 13.8. The highest BCUT2D eigenvalue weighted by Crippen LogP contribution is 2.30. The van der Waals surface area contributed by atoms with Gasteiger partial charge in [-0.05, 0) is 43.1 Å². The molecule has 10 heteroatoms. The van der Waals surface area contributed by atoms with Gasteiger partial charge in [0.05, 0.1) is 0 Å². The highest BCUT2D eigenvalue weighted by atomic mass is 35.5. The third kappa shape index (κ3) is 7.00. The van der Waals surface area contributed by atoms with E-state index in [1.165, 1.54) is 0 Å². The highest BCUT2D eigenvalue weighted by Gasteiger charge is 2.31. The number of hydrogen-bond acceptors (Lipinski definition) is 4. The van der Waals surface area contributed by atoms with Crippen molar-refractivity contribution in [2.45, 2.75) is 44.4 Å². The lowest BCUT2D eigenvalue weighted by molar-refractivity contribution is -0.274. The average molecular weight is 453 g/mol. The van der Waals surface area contributed by atoms with Crippen LogP contribution in [0.1, 0.15) is 30.0 Å². The first kappa shape index (κ1) is 24.2. The molecule has 1 aliphatic heterocycles. The second-order valence-electron chi connectivity index (χ2n) is 6.67. The van der Waals surface area contributed by atoms with Crippen molar-refractivity contribution in [3.05, 3.63) is 59.7 Å². The minimum absolute atomic E-state index is 0. The molecule has 0 radical (unpaired) electrons. The van der Waals surface area contributed by atoms with Crippen molar-refractivity contribution in [2.75, 3.05) is 6.54 Å². The average Bonchev–Trinajstić information content (AvgIpc) is 2.67. The quantitative estimate of drug-likeness (QED) is 0.567. The van der Waals surface area contributed by atoms with Gasteiger partial charge >= 0.3 is 13.0 Å². The zero-order valence-electron chi connectivity index (χ0n) is 15.8. The Kier molecular flexibility index (Phi) is 8.69. The summed E-state index contributed by atoms with van der Waals surface area (Å²) >= 11 is 0. The van der Waals surface area contributed by atoms with Crippen molar-refractivity contribution in [3.8, 4) is 11.5 Å². The molecule has 2 aromatic carbocycles. The van der Waals surface area contributed by atoms with E-state index in [2.05, 4.69) is 20.1 Å². The molecule has 0 aromatic heterocycles. The topological polar surface area (TPSA) is 42.5 Å². The van der Waals surface area contributed by atoms with Crippen LogP contribution in [-0.2, 0) is 6.54 Å². The normalized spacial score (nSPS) is 19.3. The molecule has 0 unspecified atom stereocenters. The van der Waals surface area contributed by atoms with Gasteiger partial charge in [0.25, 0.3) is 0 Å². The first-order valence-electron chi connectivity index (χ1n) is 9.17. The Labute approximate surface area is 177 Å². The Morgan fingerprint density at radius 1 is 1.10 bits per heavy atom. The van der Waals surface area contributed by atoms with Gasteiger partial charge in [0, 0.05) is 24.2 Å². The fraction of sp³-hybridized carbons (Fsp3) is 0.400. The smallest absolute Gasteiger partial charge is 0.434 e. The third-order valence-electron chi connectivity index (χ3n) is 4.65. The largest absolute Gasteiger partial charge is 0.573 e. The highest BCUT2D eigenvalue weighted by molar-refractivity contribution is 5.85. The molecule has 2 aromatic rings. The van der Waals surface area contributed by atoms with Gasteiger partial charge in [-0.1, -0.05) is 30.3 Å². The van der Waals surface area contributed by atoms with Crippen molar-refractivity contribution in [1.29, 1.82) is 0 Å². The Bertz CT molecular complexity index is 793. The number of nitrogens with one attached hydrogen (secondary N) is 2. The maximum atomic E-state index is 12.7. The third-order valence-corrected chi connectivity index (χ3v) is 4.65. The lowest BCUT2D eigenvalue weighted by Gasteiger charge is -2.34. The van der Waals surface area contributed by atoms with Gasteiger partial charge in [-0.3, -0.25) is 0 Å². The number of rotatable bonds is 7. The van der Waals surface area contributed by atoms with E-state index in [1.807, 2.05) is 30.3 Å². The number of alkyl halides is 5. The van der Waals surface area contributed by atoms with Gasteiger partial charge in [0.1, 0.15) is 11.5 Å². The number of piperidine rings is 1. The zero-order chi connectivity index (χ0) is 20.9. The number of hydrogen-bond donors (Lipinski definition) is 2. The molecule has 30 heavy (non-hydrogen) atoms. The monoisotopic (exact) mass is 452 g/mol. The molecule has 0 aliphatic carbocycles. The summed E-state index contributed by atoms with van der Waals surface area (Å²) in [6.07, 6.45) is -3.13. The van der Waals surface area contributed by atoms with E-state index in [0.29, 0.717) is 0 Å². The summed E-state index contributed by atoms with van der Waals surface area (Å²) in [7, 11) is 0. The lowest BCUT2D eigenvalue weighted by Crippen LogP contribution is -2.45. The van der Waals surface area contributed by atoms with Gasteiger partial charge < -0.3 is 20.1 Å². The van der Waals surface area contributed by atoms with Crippen LogP contribution < -0.4 is 20.1 Å². The fourth-order valence-electron chi connectivity index (χ4n) is 3.46. The molecular formula is C20H22ClF5N2O2. The van der Waals surface area contributed by atoms with Crippen LogP contribution >= 0.6 is 12.4 Å². The summed E-state index contributed by atoms with van der Waals surface area (Å²) in [6, 6.07) is 12.8. The van der Waals surface area contributed by atoms with E-state index >= 15 is 0 Å². The predicted octanol–water partition coefficient (Wildman–Crippen LogP) is 5.19. The molecule has 166 valence electrons. The SMILES string of the molecule is Cl.FC(F)Oc1ccc(OC(F)(F)F)cc1CN[C@H]1CCCN[C@H]1c1ccccc1. The molecule has 1 fully saturated rings. The summed E-state index contributed by atoms with van der Waals surface area (Å²) in [6.45, 7) is -2.20. The van der Waals surface area contributed by atoms with Crippen molar-refractivity contribution >= 4 is 12.4 Å². The molecule has 1 heterocycles. The Morgan fingerprint density at radius 3 is 2.50 bits per heavy atom. The van der Waals surface area contributed by atoms with E-state index < -0.39 is 18.7 Å². The number of ether oxygens (including phenoxy) is 2. The maximum absolute atomic E-state index is 12.7. The molecule has 2 N–H and O–H groups in total. The van der Waals surface area contributed by atoms with Crippen molar-refractivity contribution in [1.82, 2.24) is 10.6 Å². The molecule has 3 rings (SSSR count). The van der Waals surface area contributed by atoms with Crippen LogP contribution in [0.15, 0.2) is 48.5 Å². The summed E-state index contributed by atoms with van der Waals surface area (Å²) in [5, 5.41) is 6.69. The summed E-state index contributed by atoms with van der Waals surface area (Å²) in [5.74, 6) is -0.681. The van der Waals surface area contributed by atoms with E-state index in [1.54, 1.807) is 0 Å². The fourth-order valence-corrected chi connectivity index (χ4v) is 3.46.